The zero-order chi connectivity index (χ0) is 8.10. The van der Waals surface area contributed by atoms with Crippen LogP contribution in [0.5, 0.6) is 0 Å². The van der Waals surface area contributed by atoms with E-state index in [9.17, 15) is 4.39 Å². The summed E-state index contributed by atoms with van der Waals surface area (Å²) in [5, 5.41) is 3.50. The van der Waals surface area contributed by atoms with Gasteiger partial charge in [-0.2, -0.15) is 0 Å². The van der Waals surface area contributed by atoms with Crippen molar-refractivity contribution in [3.05, 3.63) is 35.6 Å². The van der Waals surface area contributed by atoms with Crippen molar-refractivity contribution in [2.75, 3.05) is 7.11 Å². The van der Waals surface area contributed by atoms with Gasteiger partial charge >= 0.3 is 0 Å². The maximum absolute atomic E-state index is 12.3. The summed E-state index contributed by atoms with van der Waals surface area (Å²) in [4.78, 5) is 4.44. The van der Waals surface area contributed by atoms with Crippen molar-refractivity contribution in [3.8, 4) is 0 Å². The molecule has 57 valence electrons. The molecule has 0 N–H and O–H groups in total. The molecular weight excluding hydrogens is 145 g/mol. The van der Waals surface area contributed by atoms with Gasteiger partial charge in [0.1, 0.15) is 12.9 Å². The molecule has 1 aromatic rings. The molecular formula is C8H7FNO. The SMILES string of the molecule is CO/N=C/c1c[c]c(F)cc1. The van der Waals surface area contributed by atoms with Crippen molar-refractivity contribution in [3.63, 3.8) is 0 Å². The second-order valence-electron chi connectivity index (χ2n) is 1.89. The average Bonchev–Trinajstić information content (AvgIpc) is 2.04. The van der Waals surface area contributed by atoms with Crippen LogP contribution in [0.15, 0.2) is 23.4 Å². The lowest BCUT2D eigenvalue weighted by atomic mass is 10.2. The summed E-state index contributed by atoms with van der Waals surface area (Å²) in [6, 6.07) is 6.80. The highest BCUT2D eigenvalue weighted by Crippen LogP contribution is 1.98. The Balaban J connectivity index is 2.73. The summed E-state index contributed by atoms with van der Waals surface area (Å²) in [7, 11) is 1.45. The lowest BCUT2D eigenvalue weighted by Gasteiger charge is -1.90. The number of hydrogen-bond donors (Lipinski definition) is 0. The first-order chi connectivity index (χ1) is 5.33. The zero-order valence-corrected chi connectivity index (χ0v) is 6.04. The fourth-order valence-corrected chi connectivity index (χ4v) is 0.612. The Bertz CT molecular complexity index is 243. The number of halogens is 1. The summed E-state index contributed by atoms with van der Waals surface area (Å²) >= 11 is 0. The first kappa shape index (κ1) is 7.72. The molecule has 0 aliphatic carbocycles. The van der Waals surface area contributed by atoms with E-state index in [0.717, 1.165) is 5.56 Å². The Morgan fingerprint density at radius 2 is 2.45 bits per heavy atom. The van der Waals surface area contributed by atoms with E-state index < -0.39 is 0 Å². The summed E-state index contributed by atoms with van der Waals surface area (Å²) in [5.41, 5.74) is 0.758. The zero-order valence-electron chi connectivity index (χ0n) is 6.04. The topological polar surface area (TPSA) is 21.6 Å². The van der Waals surface area contributed by atoms with E-state index in [4.69, 9.17) is 0 Å². The van der Waals surface area contributed by atoms with E-state index in [2.05, 4.69) is 16.1 Å². The molecule has 2 nitrogen and oxygen atoms in total. The molecule has 0 atom stereocenters. The van der Waals surface area contributed by atoms with Crippen LogP contribution in [0.25, 0.3) is 0 Å². The molecule has 0 saturated carbocycles. The number of nitrogens with zero attached hydrogens (tertiary/aromatic N) is 1. The highest BCUT2D eigenvalue weighted by molar-refractivity contribution is 5.78. The standard InChI is InChI=1S/C8H7FNO/c1-11-10-6-7-2-4-8(9)5-3-7/h2-4,6H,1H3/b10-6+. The summed E-state index contributed by atoms with van der Waals surface area (Å²) < 4.78 is 12.3. The number of oxime groups is 1. The van der Waals surface area contributed by atoms with Crippen LogP contribution in [-0.2, 0) is 4.84 Å². The van der Waals surface area contributed by atoms with Crippen molar-refractivity contribution in [1.82, 2.24) is 0 Å². The van der Waals surface area contributed by atoms with Gasteiger partial charge in [0, 0.05) is 6.07 Å². The van der Waals surface area contributed by atoms with Gasteiger partial charge in [-0.05, 0) is 17.7 Å². The van der Waals surface area contributed by atoms with E-state index in [0.29, 0.717) is 0 Å². The smallest absolute Gasteiger partial charge is 0.131 e. The molecule has 0 fully saturated rings. The van der Waals surface area contributed by atoms with Crippen LogP contribution in [0.4, 0.5) is 4.39 Å². The molecule has 1 radical (unpaired) electrons. The van der Waals surface area contributed by atoms with Crippen molar-refractivity contribution >= 4 is 6.21 Å². The predicted octanol–water partition coefficient (Wildman–Crippen LogP) is 1.61. The molecule has 0 saturated heterocycles. The van der Waals surface area contributed by atoms with Gasteiger partial charge in [0.25, 0.3) is 0 Å². The number of hydrogen-bond acceptors (Lipinski definition) is 2. The Morgan fingerprint density at radius 1 is 1.64 bits per heavy atom. The van der Waals surface area contributed by atoms with Crippen molar-refractivity contribution in [2.45, 2.75) is 0 Å². The third kappa shape index (κ3) is 2.37. The molecule has 11 heavy (non-hydrogen) atoms. The number of benzene rings is 1. The quantitative estimate of drug-likeness (QED) is 0.466. The van der Waals surface area contributed by atoms with Crippen LogP contribution < -0.4 is 0 Å². The van der Waals surface area contributed by atoms with Crippen LogP contribution in [0.2, 0.25) is 0 Å². The van der Waals surface area contributed by atoms with E-state index in [1.165, 1.54) is 25.5 Å². The van der Waals surface area contributed by atoms with Crippen molar-refractivity contribution in [2.24, 2.45) is 5.16 Å². The van der Waals surface area contributed by atoms with E-state index in [1.54, 1.807) is 6.07 Å². The summed E-state index contributed by atoms with van der Waals surface area (Å²) in [6.07, 6.45) is 1.48. The van der Waals surface area contributed by atoms with Gasteiger partial charge < -0.3 is 4.84 Å². The lowest BCUT2D eigenvalue weighted by molar-refractivity contribution is 0.215. The van der Waals surface area contributed by atoms with E-state index in [1.807, 2.05) is 0 Å². The third-order valence-electron chi connectivity index (χ3n) is 1.11. The minimum absolute atomic E-state index is 0.375. The van der Waals surface area contributed by atoms with Gasteiger partial charge in [0.05, 0.1) is 6.21 Å². The van der Waals surface area contributed by atoms with E-state index >= 15 is 0 Å². The minimum atomic E-state index is -0.375. The third-order valence-corrected chi connectivity index (χ3v) is 1.11. The highest BCUT2D eigenvalue weighted by Gasteiger charge is 1.88. The molecule has 0 aliphatic rings. The average molecular weight is 152 g/mol. The van der Waals surface area contributed by atoms with Crippen LogP contribution >= 0.6 is 0 Å². The Hall–Kier alpha value is -1.38. The maximum atomic E-state index is 12.3. The van der Waals surface area contributed by atoms with Gasteiger partial charge in [0.2, 0.25) is 0 Å². The molecule has 0 bridgehead atoms. The van der Waals surface area contributed by atoms with Gasteiger partial charge in [-0.25, -0.2) is 4.39 Å². The van der Waals surface area contributed by atoms with Crippen molar-refractivity contribution in [1.29, 1.82) is 0 Å². The van der Waals surface area contributed by atoms with Gasteiger partial charge in [-0.1, -0.05) is 11.2 Å². The molecule has 3 heteroatoms. The molecule has 1 aromatic carbocycles. The van der Waals surface area contributed by atoms with E-state index in [-0.39, 0.29) is 5.82 Å². The monoisotopic (exact) mass is 152 g/mol. The molecule has 0 unspecified atom stereocenters. The predicted molar refractivity (Wildman–Crippen MR) is 39.8 cm³/mol. The van der Waals surface area contributed by atoms with Crippen molar-refractivity contribution < 1.29 is 9.23 Å². The Morgan fingerprint density at radius 3 is 3.00 bits per heavy atom. The molecule has 0 heterocycles. The highest BCUT2D eigenvalue weighted by atomic mass is 19.1. The Labute approximate surface area is 64.3 Å². The molecule has 0 amide bonds. The molecule has 1 rings (SSSR count). The Kier molecular flexibility index (Phi) is 2.60. The first-order valence-corrected chi connectivity index (χ1v) is 3.06. The summed E-state index contributed by atoms with van der Waals surface area (Å²) in [6.45, 7) is 0. The second-order valence-corrected chi connectivity index (χ2v) is 1.89. The fourth-order valence-electron chi connectivity index (χ4n) is 0.612. The first-order valence-electron chi connectivity index (χ1n) is 3.06. The fraction of sp³-hybridized carbons (Fsp3) is 0.125. The number of rotatable bonds is 2. The maximum Gasteiger partial charge on any atom is 0.131 e. The normalized spacial score (nSPS) is 10.4. The van der Waals surface area contributed by atoms with Gasteiger partial charge in [-0.3, -0.25) is 0 Å². The minimum Gasteiger partial charge on any atom is -0.399 e. The van der Waals surface area contributed by atoms with Crippen LogP contribution in [-0.4, -0.2) is 13.3 Å². The van der Waals surface area contributed by atoms with Crippen LogP contribution in [0, 0.1) is 11.9 Å². The second kappa shape index (κ2) is 3.71. The molecule has 0 aliphatic heterocycles. The summed E-state index contributed by atoms with van der Waals surface area (Å²) in [5.74, 6) is -0.375. The largest absolute Gasteiger partial charge is 0.399 e. The lowest BCUT2D eigenvalue weighted by Crippen LogP contribution is -1.82. The molecule has 0 aromatic heterocycles. The van der Waals surface area contributed by atoms with Gasteiger partial charge in [0.15, 0.2) is 0 Å². The molecule has 0 spiro atoms. The van der Waals surface area contributed by atoms with Gasteiger partial charge in [-0.15, -0.1) is 0 Å². The van der Waals surface area contributed by atoms with Crippen LogP contribution in [0.1, 0.15) is 5.56 Å². The van der Waals surface area contributed by atoms with Crippen LogP contribution in [0.3, 0.4) is 0 Å².